The summed E-state index contributed by atoms with van der Waals surface area (Å²) in [6.45, 7) is 7.00. The van der Waals surface area contributed by atoms with Crippen LogP contribution in [0, 0.1) is 0 Å². The Morgan fingerprint density at radius 1 is 1.00 bits per heavy atom. The maximum atomic E-state index is 12.9. The number of hydrogen-bond donors (Lipinski definition) is 1. The van der Waals surface area contributed by atoms with Crippen LogP contribution in [0.5, 0.6) is 0 Å². The van der Waals surface area contributed by atoms with E-state index in [-0.39, 0.29) is 18.1 Å². The molecule has 2 unspecified atom stereocenters. The van der Waals surface area contributed by atoms with Gasteiger partial charge < -0.3 is 10.1 Å². The smallest absolute Gasteiger partial charge is 0.282 e. The molecule has 9 heteroatoms. The van der Waals surface area contributed by atoms with E-state index in [1.54, 1.807) is 4.31 Å². The second kappa shape index (κ2) is 8.52. The van der Waals surface area contributed by atoms with Gasteiger partial charge in [0.15, 0.2) is 0 Å². The second-order valence-corrected chi connectivity index (χ2v) is 9.73. The van der Waals surface area contributed by atoms with E-state index in [0.29, 0.717) is 51.9 Å². The van der Waals surface area contributed by atoms with Crippen LogP contribution in [0.4, 0.5) is 0 Å². The van der Waals surface area contributed by atoms with Gasteiger partial charge >= 0.3 is 0 Å². The van der Waals surface area contributed by atoms with E-state index in [4.69, 9.17) is 4.74 Å². The third-order valence-corrected chi connectivity index (χ3v) is 7.43. The van der Waals surface area contributed by atoms with E-state index in [1.165, 1.54) is 17.1 Å². The van der Waals surface area contributed by atoms with Crippen molar-refractivity contribution >= 4 is 16.1 Å². The first-order chi connectivity index (χ1) is 12.3. The first-order valence-electron chi connectivity index (χ1n) is 9.77. The van der Waals surface area contributed by atoms with Gasteiger partial charge in [0.25, 0.3) is 10.2 Å². The first kappa shape index (κ1) is 20.0. The molecule has 0 aromatic heterocycles. The minimum Gasteiger partial charge on any atom is -0.373 e. The van der Waals surface area contributed by atoms with E-state index in [1.807, 2.05) is 18.7 Å². The topological polar surface area (TPSA) is 82.2 Å². The average Bonchev–Trinajstić information content (AvgIpc) is 3.07. The Morgan fingerprint density at radius 3 is 2.15 bits per heavy atom. The number of nitrogens with one attached hydrogen (secondary N) is 1. The summed E-state index contributed by atoms with van der Waals surface area (Å²) in [4.78, 5) is 14.2. The van der Waals surface area contributed by atoms with Crippen LogP contribution in [-0.2, 0) is 19.7 Å². The summed E-state index contributed by atoms with van der Waals surface area (Å²) < 4.78 is 34.5. The highest BCUT2D eigenvalue weighted by Crippen LogP contribution is 2.19. The molecule has 1 aliphatic carbocycles. The van der Waals surface area contributed by atoms with Gasteiger partial charge in [0.2, 0.25) is 5.91 Å². The molecule has 0 bridgehead atoms. The zero-order chi connectivity index (χ0) is 18.7. The van der Waals surface area contributed by atoms with E-state index in [0.717, 1.165) is 12.8 Å². The molecule has 150 valence electrons. The van der Waals surface area contributed by atoms with Crippen LogP contribution < -0.4 is 5.32 Å². The second-order valence-electron chi connectivity index (χ2n) is 7.81. The van der Waals surface area contributed by atoms with Gasteiger partial charge in [-0.25, -0.2) is 0 Å². The van der Waals surface area contributed by atoms with Crippen LogP contribution in [0.15, 0.2) is 0 Å². The Kier molecular flexibility index (Phi) is 6.55. The Balaban J connectivity index is 1.47. The number of hydrogen-bond acceptors (Lipinski definition) is 5. The van der Waals surface area contributed by atoms with E-state index in [2.05, 4.69) is 5.32 Å². The fourth-order valence-corrected chi connectivity index (χ4v) is 5.90. The maximum absolute atomic E-state index is 12.9. The third kappa shape index (κ3) is 4.95. The van der Waals surface area contributed by atoms with Gasteiger partial charge in [-0.05, 0) is 26.7 Å². The van der Waals surface area contributed by atoms with Crippen molar-refractivity contribution < 1.29 is 17.9 Å². The van der Waals surface area contributed by atoms with Gasteiger partial charge in [-0.1, -0.05) is 12.8 Å². The summed E-state index contributed by atoms with van der Waals surface area (Å²) in [5, 5.41) is 3.09. The summed E-state index contributed by atoms with van der Waals surface area (Å²) in [5.41, 5.74) is 0. The summed E-state index contributed by atoms with van der Waals surface area (Å²) in [5.74, 6) is 0.0593. The molecule has 1 amide bonds. The molecule has 0 aromatic carbocycles. The molecule has 26 heavy (non-hydrogen) atoms. The van der Waals surface area contributed by atoms with Gasteiger partial charge in [0.05, 0.1) is 18.8 Å². The largest absolute Gasteiger partial charge is 0.373 e. The highest BCUT2D eigenvalue weighted by Gasteiger charge is 2.36. The fraction of sp³-hybridized carbons (Fsp3) is 0.941. The average molecular weight is 389 g/mol. The van der Waals surface area contributed by atoms with Crippen molar-refractivity contribution in [1.29, 1.82) is 0 Å². The van der Waals surface area contributed by atoms with Crippen LogP contribution in [0.3, 0.4) is 0 Å². The van der Waals surface area contributed by atoms with Crippen LogP contribution >= 0.6 is 0 Å². The minimum absolute atomic E-state index is 0.0593. The van der Waals surface area contributed by atoms with Crippen molar-refractivity contribution in [3.8, 4) is 0 Å². The zero-order valence-electron chi connectivity index (χ0n) is 15.9. The molecule has 0 radical (unpaired) electrons. The molecule has 3 rings (SSSR count). The summed E-state index contributed by atoms with van der Waals surface area (Å²) in [7, 11) is -3.46. The molecule has 0 aromatic rings. The molecule has 0 spiro atoms. The first-order valence-corrected chi connectivity index (χ1v) is 11.2. The van der Waals surface area contributed by atoms with Gasteiger partial charge in [-0.3, -0.25) is 9.69 Å². The Bertz CT molecular complexity index is 576. The summed E-state index contributed by atoms with van der Waals surface area (Å²) in [6.07, 6.45) is 4.37. The molecule has 1 saturated carbocycles. The minimum atomic E-state index is -3.46. The Labute approximate surface area is 157 Å². The Morgan fingerprint density at radius 2 is 1.58 bits per heavy atom. The molecule has 2 saturated heterocycles. The molecule has 2 heterocycles. The van der Waals surface area contributed by atoms with Gasteiger partial charge in [-0.15, -0.1) is 0 Å². The van der Waals surface area contributed by atoms with Crippen LogP contribution in [-0.4, -0.2) is 91.9 Å². The van der Waals surface area contributed by atoms with E-state index in [9.17, 15) is 13.2 Å². The van der Waals surface area contributed by atoms with Crippen molar-refractivity contribution in [3.63, 3.8) is 0 Å². The van der Waals surface area contributed by atoms with Crippen molar-refractivity contribution in [2.75, 3.05) is 45.8 Å². The summed E-state index contributed by atoms with van der Waals surface area (Å²) >= 11 is 0. The highest BCUT2D eigenvalue weighted by atomic mass is 32.2. The van der Waals surface area contributed by atoms with E-state index < -0.39 is 10.2 Å². The molecule has 8 nitrogen and oxygen atoms in total. The lowest BCUT2D eigenvalue weighted by molar-refractivity contribution is -0.123. The maximum Gasteiger partial charge on any atom is 0.282 e. The number of carbonyl (C=O) groups excluding carboxylic acids is 1. The van der Waals surface area contributed by atoms with Crippen LogP contribution in [0.25, 0.3) is 0 Å². The van der Waals surface area contributed by atoms with E-state index >= 15 is 0 Å². The van der Waals surface area contributed by atoms with Crippen molar-refractivity contribution in [2.24, 2.45) is 0 Å². The monoisotopic (exact) mass is 388 g/mol. The van der Waals surface area contributed by atoms with Crippen LogP contribution in [0.2, 0.25) is 0 Å². The number of morpholine rings is 1. The Hall–Kier alpha value is -0.740. The fourth-order valence-electron chi connectivity index (χ4n) is 4.15. The SMILES string of the molecule is CC1CN(S(=O)(=O)N2CCN(CC(=O)NC3CCCC3)CC2)CC(C)O1. The number of nitrogens with zero attached hydrogens (tertiary/aromatic N) is 3. The molecular weight excluding hydrogens is 356 g/mol. The number of rotatable bonds is 5. The standard InChI is InChI=1S/C17H32N4O4S/c1-14-11-21(12-15(2)25-14)26(23,24)20-9-7-19(8-10-20)13-17(22)18-16-5-3-4-6-16/h14-16H,3-13H2,1-2H3,(H,18,22). The quantitative estimate of drug-likeness (QED) is 0.718. The normalized spacial score (nSPS) is 30.5. The zero-order valence-corrected chi connectivity index (χ0v) is 16.7. The van der Waals surface area contributed by atoms with Crippen molar-refractivity contribution in [2.45, 2.75) is 57.8 Å². The molecular formula is C17H32N4O4S. The number of amides is 1. The number of piperazine rings is 1. The van der Waals surface area contributed by atoms with Crippen LogP contribution in [0.1, 0.15) is 39.5 Å². The van der Waals surface area contributed by atoms with Gasteiger partial charge in [-0.2, -0.15) is 17.0 Å². The molecule has 2 aliphatic heterocycles. The van der Waals surface area contributed by atoms with Crippen molar-refractivity contribution in [1.82, 2.24) is 18.8 Å². The summed E-state index contributed by atoms with van der Waals surface area (Å²) in [6, 6.07) is 0.328. The van der Waals surface area contributed by atoms with Gasteiger partial charge in [0, 0.05) is 45.3 Å². The molecule has 2 atom stereocenters. The highest BCUT2D eigenvalue weighted by molar-refractivity contribution is 7.86. The molecule has 3 aliphatic rings. The lowest BCUT2D eigenvalue weighted by Crippen LogP contribution is -2.57. The predicted octanol–water partition coefficient (Wildman–Crippen LogP) is 0.0168. The van der Waals surface area contributed by atoms with Gasteiger partial charge in [0.1, 0.15) is 0 Å². The molecule has 1 N–H and O–H groups in total. The predicted molar refractivity (Wildman–Crippen MR) is 98.9 cm³/mol. The van der Waals surface area contributed by atoms with Crippen molar-refractivity contribution in [3.05, 3.63) is 0 Å². The third-order valence-electron chi connectivity index (χ3n) is 5.46. The molecule has 3 fully saturated rings. The number of carbonyl (C=O) groups is 1. The lowest BCUT2D eigenvalue weighted by atomic mass is 10.2. The lowest BCUT2D eigenvalue weighted by Gasteiger charge is -2.40. The number of ether oxygens (including phenoxy) is 1.